The number of hydrogen-bond acceptors (Lipinski definition) is 1. The lowest BCUT2D eigenvalue weighted by atomic mass is 9.82. The number of nitrogens with one attached hydrogen (secondary N) is 1. The zero-order valence-electron chi connectivity index (χ0n) is 16.0. The minimum atomic E-state index is 0.978. The van der Waals surface area contributed by atoms with Gasteiger partial charge in [0, 0.05) is 0 Å². The lowest BCUT2D eigenvalue weighted by Crippen LogP contribution is -2.16. The smallest absolute Gasteiger partial charge is 0.00492 e. The van der Waals surface area contributed by atoms with Gasteiger partial charge in [-0.05, 0) is 43.7 Å². The number of rotatable bonds is 13. The van der Waals surface area contributed by atoms with Crippen molar-refractivity contribution in [3.63, 3.8) is 0 Å². The van der Waals surface area contributed by atoms with E-state index >= 15 is 0 Å². The van der Waals surface area contributed by atoms with E-state index < -0.39 is 0 Å². The lowest BCUT2D eigenvalue weighted by molar-refractivity contribution is 0.274. The summed E-state index contributed by atoms with van der Waals surface area (Å²) in [6.45, 7) is 8.37. The Bertz CT molecular complexity index is 246. The van der Waals surface area contributed by atoms with Crippen LogP contribution >= 0.6 is 0 Å². The molecule has 1 heteroatoms. The Kier molecular flexibility index (Phi) is 11.3. The highest BCUT2D eigenvalue weighted by atomic mass is 14.8. The van der Waals surface area contributed by atoms with E-state index in [1.54, 1.807) is 0 Å². The van der Waals surface area contributed by atoms with E-state index in [1.165, 1.54) is 83.6 Å². The quantitative estimate of drug-likeness (QED) is 0.387. The highest BCUT2D eigenvalue weighted by Gasteiger charge is 2.26. The summed E-state index contributed by atoms with van der Waals surface area (Å²) in [5.74, 6) is 4.05. The van der Waals surface area contributed by atoms with Crippen LogP contribution in [0.2, 0.25) is 0 Å². The van der Waals surface area contributed by atoms with Crippen LogP contribution in [-0.2, 0) is 0 Å². The summed E-state index contributed by atoms with van der Waals surface area (Å²) in [5, 5.41) is 3.33. The Morgan fingerprint density at radius 2 is 1.45 bits per heavy atom. The van der Waals surface area contributed by atoms with E-state index in [0.717, 1.165) is 23.7 Å². The molecule has 132 valence electrons. The zero-order valence-corrected chi connectivity index (χ0v) is 16.0. The van der Waals surface area contributed by atoms with Gasteiger partial charge < -0.3 is 5.32 Å². The summed E-state index contributed by atoms with van der Waals surface area (Å²) in [6.07, 6.45) is 17.5. The number of unbranched alkanes of at least 4 members (excludes halogenated alkanes) is 2. The van der Waals surface area contributed by atoms with E-state index in [4.69, 9.17) is 0 Å². The first-order valence-electron chi connectivity index (χ1n) is 10.4. The van der Waals surface area contributed by atoms with E-state index in [0.29, 0.717) is 0 Å². The summed E-state index contributed by atoms with van der Waals surface area (Å²) in [6, 6.07) is 0. The standard InChI is InChI=1S/C21H43N/c1-5-18(6-2)19(7-3)12-9-8-10-13-20-14-11-15-21(20)16-17-22-4/h18-22H,5-17H2,1-4H3/t19?,20?,21-/m1/s1. The first kappa shape index (κ1) is 20.0. The Hall–Kier alpha value is -0.0400. The van der Waals surface area contributed by atoms with Crippen LogP contribution in [0.4, 0.5) is 0 Å². The summed E-state index contributed by atoms with van der Waals surface area (Å²) in [5.41, 5.74) is 0. The van der Waals surface area contributed by atoms with Crippen molar-refractivity contribution in [3.8, 4) is 0 Å². The third kappa shape index (κ3) is 7.02. The van der Waals surface area contributed by atoms with Gasteiger partial charge in [-0.2, -0.15) is 0 Å². The molecule has 1 aliphatic rings. The van der Waals surface area contributed by atoms with Gasteiger partial charge in [0.2, 0.25) is 0 Å². The van der Waals surface area contributed by atoms with Crippen LogP contribution in [0, 0.1) is 23.7 Å². The third-order valence-electron chi connectivity index (χ3n) is 6.47. The second-order valence-electron chi connectivity index (χ2n) is 7.73. The molecule has 0 heterocycles. The van der Waals surface area contributed by atoms with Crippen LogP contribution in [0.1, 0.15) is 97.8 Å². The molecule has 0 aromatic heterocycles. The van der Waals surface area contributed by atoms with Crippen LogP contribution in [0.15, 0.2) is 0 Å². The third-order valence-corrected chi connectivity index (χ3v) is 6.47. The van der Waals surface area contributed by atoms with Crippen LogP contribution < -0.4 is 5.32 Å². The Balaban J connectivity index is 2.13. The highest BCUT2D eigenvalue weighted by Crippen LogP contribution is 2.37. The van der Waals surface area contributed by atoms with Crippen LogP contribution in [0.5, 0.6) is 0 Å². The van der Waals surface area contributed by atoms with Gasteiger partial charge in [0.05, 0.1) is 0 Å². The normalized spacial score (nSPS) is 23.3. The average molecular weight is 310 g/mol. The SMILES string of the molecule is CCC(CC)C(CC)CCCCCC1CCC[C@@H]1CCNC. The van der Waals surface area contributed by atoms with Gasteiger partial charge >= 0.3 is 0 Å². The summed E-state index contributed by atoms with van der Waals surface area (Å²) in [7, 11) is 2.09. The summed E-state index contributed by atoms with van der Waals surface area (Å²) >= 11 is 0. The van der Waals surface area contributed by atoms with E-state index in [1.807, 2.05) is 0 Å². The molecule has 3 atom stereocenters. The average Bonchev–Trinajstić information content (AvgIpc) is 2.99. The van der Waals surface area contributed by atoms with Gasteiger partial charge in [-0.3, -0.25) is 0 Å². The molecule has 0 amide bonds. The van der Waals surface area contributed by atoms with E-state index in [-0.39, 0.29) is 0 Å². The molecule has 0 bridgehead atoms. The monoisotopic (exact) mass is 309 g/mol. The molecule has 0 aliphatic heterocycles. The van der Waals surface area contributed by atoms with E-state index in [2.05, 4.69) is 33.1 Å². The van der Waals surface area contributed by atoms with Crippen LogP contribution in [0.25, 0.3) is 0 Å². The highest BCUT2D eigenvalue weighted by molar-refractivity contribution is 4.78. The van der Waals surface area contributed by atoms with Gasteiger partial charge in [0.15, 0.2) is 0 Å². The molecular weight excluding hydrogens is 266 g/mol. The fourth-order valence-corrected chi connectivity index (χ4v) is 4.92. The minimum Gasteiger partial charge on any atom is -0.320 e. The Morgan fingerprint density at radius 3 is 2.05 bits per heavy atom. The molecule has 1 fully saturated rings. The summed E-state index contributed by atoms with van der Waals surface area (Å²) < 4.78 is 0. The second-order valence-corrected chi connectivity index (χ2v) is 7.73. The predicted octanol–water partition coefficient (Wildman–Crippen LogP) is 6.43. The Labute approximate surface area is 141 Å². The van der Waals surface area contributed by atoms with Crippen LogP contribution in [-0.4, -0.2) is 13.6 Å². The molecule has 1 nitrogen and oxygen atoms in total. The van der Waals surface area contributed by atoms with Gasteiger partial charge in [-0.25, -0.2) is 0 Å². The summed E-state index contributed by atoms with van der Waals surface area (Å²) in [4.78, 5) is 0. The topological polar surface area (TPSA) is 12.0 Å². The molecule has 1 saturated carbocycles. The maximum atomic E-state index is 3.33. The zero-order chi connectivity index (χ0) is 16.2. The predicted molar refractivity (Wildman–Crippen MR) is 100 cm³/mol. The van der Waals surface area contributed by atoms with E-state index in [9.17, 15) is 0 Å². The molecular formula is C21H43N. The molecule has 0 radical (unpaired) electrons. The molecule has 1 N–H and O–H groups in total. The van der Waals surface area contributed by atoms with Gasteiger partial charge in [0.25, 0.3) is 0 Å². The maximum Gasteiger partial charge on any atom is -0.00492 e. The van der Waals surface area contributed by atoms with Crippen molar-refractivity contribution in [1.29, 1.82) is 0 Å². The minimum absolute atomic E-state index is 0.978. The van der Waals surface area contributed by atoms with Gasteiger partial charge in [-0.15, -0.1) is 0 Å². The van der Waals surface area contributed by atoms with Crippen molar-refractivity contribution in [2.75, 3.05) is 13.6 Å². The molecule has 1 aliphatic carbocycles. The molecule has 2 unspecified atom stereocenters. The largest absolute Gasteiger partial charge is 0.320 e. The van der Waals surface area contributed by atoms with Gasteiger partial charge in [0.1, 0.15) is 0 Å². The second kappa shape index (κ2) is 12.4. The molecule has 1 rings (SSSR count). The molecule has 0 aromatic carbocycles. The molecule has 0 aromatic rings. The molecule has 0 spiro atoms. The van der Waals surface area contributed by atoms with Crippen molar-refractivity contribution in [3.05, 3.63) is 0 Å². The van der Waals surface area contributed by atoms with Crippen molar-refractivity contribution in [2.45, 2.75) is 97.8 Å². The van der Waals surface area contributed by atoms with Crippen molar-refractivity contribution >= 4 is 0 Å². The Morgan fingerprint density at radius 1 is 0.818 bits per heavy atom. The van der Waals surface area contributed by atoms with Crippen molar-refractivity contribution in [2.24, 2.45) is 23.7 Å². The van der Waals surface area contributed by atoms with Gasteiger partial charge in [-0.1, -0.05) is 91.4 Å². The van der Waals surface area contributed by atoms with Crippen molar-refractivity contribution in [1.82, 2.24) is 5.32 Å². The lowest BCUT2D eigenvalue weighted by Gasteiger charge is -2.24. The molecule has 22 heavy (non-hydrogen) atoms. The first-order chi connectivity index (χ1) is 10.8. The first-order valence-corrected chi connectivity index (χ1v) is 10.4. The van der Waals surface area contributed by atoms with Crippen molar-refractivity contribution < 1.29 is 0 Å². The fraction of sp³-hybridized carbons (Fsp3) is 1.00. The maximum absolute atomic E-state index is 3.33. The fourth-order valence-electron chi connectivity index (χ4n) is 4.92. The number of hydrogen-bond donors (Lipinski definition) is 1. The van der Waals surface area contributed by atoms with Crippen LogP contribution in [0.3, 0.4) is 0 Å². The molecule has 0 saturated heterocycles.